The summed E-state index contributed by atoms with van der Waals surface area (Å²) in [7, 11) is 3.82. The number of unbranched alkanes of at least 4 members (excludes halogenated alkanes) is 2. The highest BCUT2D eigenvalue weighted by molar-refractivity contribution is 7.20. The summed E-state index contributed by atoms with van der Waals surface area (Å²) in [5.74, 6) is 0.777. The van der Waals surface area contributed by atoms with Crippen LogP contribution < -0.4 is 10.1 Å². The van der Waals surface area contributed by atoms with E-state index in [-0.39, 0.29) is 0 Å². The Morgan fingerprint density at radius 2 is 2.14 bits per heavy atom. The number of aryl methyl sites for hydroxylation is 1. The lowest BCUT2D eigenvalue weighted by atomic mass is 10.3. The van der Waals surface area contributed by atoms with Crippen LogP contribution in [0.5, 0.6) is 5.19 Å². The Bertz CT molecular complexity index is 763. The maximum atomic E-state index is 5.75. The third-order valence-corrected chi connectivity index (χ3v) is 4.26. The minimum atomic E-state index is 0.685. The summed E-state index contributed by atoms with van der Waals surface area (Å²) in [4.78, 5) is 14.5. The highest BCUT2D eigenvalue weighted by Gasteiger charge is 2.16. The third kappa shape index (κ3) is 2.53. The number of aromatic nitrogens is 4. The van der Waals surface area contributed by atoms with E-state index in [4.69, 9.17) is 4.74 Å². The molecule has 3 rings (SSSR count). The molecule has 0 fully saturated rings. The number of hydrogen-bond donors (Lipinski definition) is 1. The number of fused-ring (bicyclic) bond motifs is 3. The van der Waals surface area contributed by atoms with Crippen molar-refractivity contribution in [1.29, 1.82) is 0 Å². The second-order valence-electron chi connectivity index (χ2n) is 4.95. The summed E-state index contributed by atoms with van der Waals surface area (Å²) in [6.45, 7) is 2.89. The first-order chi connectivity index (χ1) is 10.2. The van der Waals surface area contributed by atoms with Gasteiger partial charge in [-0.25, -0.2) is 9.97 Å². The van der Waals surface area contributed by atoms with Crippen molar-refractivity contribution in [3.05, 3.63) is 6.33 Å². The molecule has 0 bridgehead atoms. The minimum absolute atomic E-state index is 0.685. The average Bonchev–Trinajstić information content (AvgIpc) is 3.06. The van der Waals surface area contributed by atoms with Gasteiger partial charge in [-0.3, -0.25) is 0 Å². The summed E-state index contributed by atoms with van der Waals surface area (Å²) in [6.07, 6.45) is 5.21. The molecule has 3 heterocycles. The number of rotatable bonds is 6. The van der Waals surface area contributed by atoms with Gasteiger partial charge in [0.1, 0.15) is 16.6 Å². The number of anilines is 1. The van der Waals surface area contributed by atoms with Crippen LogP contribution in [0.15, 0.2) is 6.33 Å². The van der Waals surface area contributed by atoms with Crippen molar-refractivity contribution >= 4 is 38.5 Å². The molecule has 3 aromatic heterocycles. The van der Waals surface area contributed by atoms with Gasteiger partial charge in [-0.05, 0) is 6.42 Å². The van der Waals surface area contributed by atoms with E-state index >= 15 is 0 Å². The number of ether oxygens (including phenoxy) is 1. The lowest BCUT2D eigenvalue weighted by Crippen LogP contribution is -1.96. The predicted octanol–water partition coefficient (Wildman–Crippen LogP) is 3.19. The molecule has 0 saturated carbocycles. The van der Waals surface area contributed by atoms with E-state index in [9.17, 15) is 0 Å². The summed E-state index contributed by atoms with van der Waals surface area (Å²) in [5, 5.41) is 3.78. The lowest BCUT2D eigenvalue weighted by Gasteiger charge is -2.01. The third-order valence-electron chi connectivity index (χ3n) is 3.40. The quantitative estimate of drug-likeness (QED) is 0.709. The molecule has 0 saturated heterocycles. The van der Waals surface area contributed by atoms with Gasteiger partial charge in [0.2, 0.25) is 0 Å². The summed E-state index contributed by atoms with van der Waals surface area (Å²) >= 11 is 1.49. The zero-order valence-corrected chi connectivity index (χ0v) is 13.3. The molecule has 0 aromatic carbocycles. The van der Waals surface area contributed by atoms with Crippen LogP contribution in [0, 0.1) is 0 Å². The molecule has 0 unspecified atom stereocenters. The molecule has 21 heavy (non-hydrogen) atoms. The van der Waals surface area contributed by atoms with Crippen molar-refractivity contribution in [2.45, 2.75) is 26.2 Å². The largest absolute Gasteiger partial charge is 0.470 e. The number of hydrogen-bond acceptors (Lipinski definition) is 6. The summed E-state index contributed by atoms with van der Waals surface area (Å²) in [6, 6.07) is 0. The van der Waals surface area contributed by atoms with E-state index in [0.29, 0.717) is 11.8 Å². The Morgan fingerprint density at radius 1 is 1.29 bits per heavy atom. The Morgan fingerprint density at radius 3 is 2.90 bits per heavy atom. The standard InChI is InChI=1S/C14H19N5OS/c1-4-5-6-7-20-14-17-10-11-9(16-8-19(11)3)12(15-2)18-13(10)21-14/h8H,4-7H2,1-3H3,(H,15,18). The van der Waals surface area contributed by atoms with Crippen LogP contribution in [-0.2, 0) is 7.05 Å². The molecule has 112 valence electrons. The monoisotopic (exact) mass is 305 g/mol. The van der Waals surface area contributed by atoms with Crippen molar-refractivity contribution in [1.82, 2.24) is 19.5 Å². The second-order valence-corrected chi connectivity index (χ2v) is 5.89. The van der Waals surface area contributed by atoms with Crippen molar-refractivity contribution in [3.8, 4) is 5.19 Å². The molecule has 6 nitrogen and oxygen atoms in total. The zero-order chi connectivity index (χ0) is 14.8. The molecule has 0 radical (unpaired) electrons. The van der Waals surface area contributed by atoms with E-state index < -0.39 is 0 Å². The summed E-state index contributed by atoms with van der Waals surface area (Å²) in [5.41, 5.74) is 2.69. The van der Waals surface area contributed by atoms with Gasteiger partial charge in [0.15, 0.2) is 10.6 Å². The number of pyridine rings is 1. The predicted molar refractivity (Wildman–Crippen MR) is 86.3 cm³/mol. The van der Waals surface area contributed by atoms with Crippen LogP contribution in [-0.4, -0.2) is 33.2 Å². The summed E-state index contributed by atoms with van der Waals surface area (Å²) < 4.78 is 7.72. The van der Waals surface area contributed by atoms with Crippen LogP contribution in [0.4, 0.5) is 5.82 Å². The maximum absolute atomic E-state index is 5.75. The highest BCUT2D eigenvalue weighted by atomic mass is 32.1. The van der Waals surface area contributed by atoms with E-state index in [1.54, 1.807) is 6.33 Å². The van der Waals surface area contributed by atoms with Gasteiger partial charge >= 0.3 is 0 Å². The number of nitrogens with one attached hydrogen (secondary N) is 1. The van der Waals surface area contributed by atoms with Crippen molar-refractivity contribution in [2.75, 3.05) is 19.0 Å². The van der Waals surface area contributed by atoms with Crippen molar-refractivity contribution in [2.24, 2.45) is 7.05 Å². The Kier molecular flexibility index (Phi) is 3.92. The second kappa shape index (κ2) is 5.85. The highest BCUT2D eigenvalue weighted by Crippen LogP contribution is 2.33. The Labute approximate surface area is 127 Å². The molecule has 0 aliphatic heterocycles. The van der Waals surface area contributed by atoms with Gasteiger partial charge in [0, 0.05) is 14.1 Å². The Hall–Kier alpha value is -1.89. The first kappa shape index (κ1) is 14.1. The van der Waals surface area contributed by atoms with E-state index in [1.165, 1.54) is 24.2 Å². The number of thiazole rings is 1. The van der Waals surface area contributed by atoms with Crippen LogP contribution >= 0.6 is 11.3 Å². The number of nitrogens with zero attached hydrogens (tertiary/aromatic N) is 4. The zero-order valence-electron chi connectivity index (χ0n) is 12.5. The number of imidazole rings is 1. The van der Waals surface area contributed by atoms with E-state index in [2.05, 4.69) is 27.2 Å². The fourth-order valence-electron chi connectivity index (χ4n) is 2.31. The van der Waals surface area contributed by atoms with Gasteiger partial charge in [0.25, 0.3) is 5.19 Å². The van der Waals surface area contributed by atoms with Gasteiger partial charge < -0.3 is 14.6 Å². The molecule has 0 spiro atoms. The van der Waals surface area contributed by atoms with Gasteiger partial charge in [-0.1, -0.05) is 31.1 Å². The molecular weight excluding hydrogens is 286 g/mol. The molecule has 0 atom stereocenters. The van der Waals surface area contributed by atoms with Gasteiger partial charge in [-0.15, -0.1) is 0 Å². The van der Waals surface area contributed by atoms with Crippen LogP contribution in [0.2, 0.25) is 0 Å². The minimum Gasteiger partial charge on any atom is -0.470 e. The molecule has 0 aliphatic carbocycles. The van der Waals surface area contributed by atoms with E-state index in [0.717, 1.165) is 33.6 Å². The molecule has 0 aliphatic rings. The first-order valence-electron chi connectivity index (χ1n) is 7.16. The molecule has 1 N–H and O–H groups in total. The smallest absolute Gasteiger partial charge is 0.275 e. The lowest BCUT2D eigenvalue weighted by molar-refractivity contribution is 0.305. The van der Waals surface area contributed by atoms with Crippen LogP contribution in [0.1, 0.15) is 26.2 Å². The topological polar surface area (TPSA) is 64.9 Å². The Balaban J connectivity index is 2.00. The van der Waals surface area contributed by atoms with Crippen LogP contribution in [0.3, 0.4) is 0 Å². The molecule has 3 aromatic rings. The maximum Gasteiger partial charge on any atom is 0.275 e. The fourth-order valence-corrected chi connectivity index (χ4v) is 3.13. The normalized spacial score (nSPS) is 11.4. The SMILES string of the molecule is CCCCCOc1nc2c(nc(NC)c3ncn(C)c32)s1. The first-order valence-corrected chi connectivity index (χ1v) is 7.98. The molecular formula is C14H19N5OS. The van der Waals surface area contributed by atoms with E-state index in [1.807, 2.05) is 18.7 Å². The molecule has 0 amide bonds. The van der Waals surface area contributed by atoms with Gasteiger partial charge in [-0.2, -0.15) is 4.98 Å². The average molecular weight is 305 g/mol. The van der Waals surface area contributed by atoms with Crippen LogP contribution in [0.25, 0.3) is 21.4 Å². The fraction of sp³-hybridized carbons (Fsp3) is 0.500. The van der Waals surface area contributed by atoms with Gasteiger partial charge in [0.05, 0.1) is 12.9 Å². The molecule has 7 heteroatoms. The van der Waals surface area contributed by atoms with Crippen molar-refractivity contribution < 1.29 is 4.74 Å². The van der Waals surface area contributed by atoms with Crippen molar-refractivity contribution in [3.63, 3.8) is 0 Å².